The third-order valence-corrected chi connectivity index (χ3v) is 2.66. The van der Waals surface area contributed by atoms with Gasteiger partial charge in [0.15, 0.2) is 0 Å². The van der Waals surface area contributed by atoms with Crippen molar-refractivity contribution in [1.82, 2.24) is 0 Å². The Morgan fingerprint density at radius 2 is 1.89 bits per heavy atom. The van der Waals surface area contributed by atoms with Crippen molar-refractivity contribution in [2.45, 2.75) is 30.4 Å². The van der Waals surface area contributed by atoms with E-state index < -0.39 is 5.51 Å². The van der Waals surface area contributed by atoms with Crippen LogP contribution in [-0.2, 0) is 9.53 Å². The predicted molar refractivity (Wildman–Crippen MR) is 68.1 cm³/mol. The topological polar surface area (TPSA) is 38.3 Å². The smallest absolute Gasteiger partial charge is 0.369 e. The van der Waals surface area contributed by atoms with Gasteiger partial charge in [-0.3, -0.25) is 4.79 Å². The van der Waals surface area contributed by atoms with E-state index >= 15 is 0 Å². The monoisotopic (exact) mass is 293 g/mol. The highest BCUT2D eigenvalue weighted by molar-refractivity contribution is 8.00. The lowest BCUT2D eigenvalue weighted by molar-refractivity contribution is -0.121. The number of carbonyl (C=O) groups is 1. The molecule has 0 radical (unpaired) electrons. The number of anilines is 1. The Hall–Kier alpha value is -1.21. The maximum Gasteiger partial charge on any atom is 0.446 e. The summed E-state index contributed by atoms with van der Waals surface area (Å²) < 4.78 is 41.4. The van der Waals surface area contributed by atoms with Crippen LogP contribution in [-0.4, -0.2) is 24.1 Å². The number of benzene rings is 1. The van der Waals surface area contributed by atoms with Gasteiger partial charge in [0.2, 0.25) is 5.91 Å². The van der Waals surface area contributed by atoms with Gasteiger partial charge in [-0.25, -0.2) is 0 Å². The number of carbonyl (C=O) groups excluding carboxylic acids is 1. The Morgan fingerprint density at radius 3 is 2.37 bits per heavy atom. The molecule has 1 aromatic rings. The van der Waals surface area contributed by atoms with Crippen LogP contribution in [0.5, 0.6) is 0 Å². The average Bonchev–Trinajstić information content (AvgIpc) is 2.27. The van der Waals surface area contributed by atoms with E-state index in [1.807, 2.05) is 0 Å². The minimum Gasteiger partial charge on any atom is -0.369 e. The fourth-order valence-electron chi connectivity index (χ4n) is 1.18. The maximum atomic E-state index is 12.1. The van der Waals surface area contributed by atoms with Crippen LogP contribution in [0.25, 0.3) is 0 Å². The minimum atomic E-state index is -4.31. The summed E-state index contributed by atoms with van der Waals surface area (Å²) in [6, 6.07) is 5.44. The number of hydrogen-bond acceptors (Lipinski definition) is 3. The average molecular weight is 293 g/mol. The van der Waals surface area contributed by atoms with Gasteiger partial charge in [0, 0.05) is 10.6 Å². The molecule has 1 aromatic carbocycles. The summed E-state index contributed by atoms with van der Waals surface area (Å²) in [5.41, 5.74) is -3.88. The summed E-state index contributed by atoms with van der Waals surface area (Å²) in [5, 5.41) is 2.53. The molecule has 0 heterocycles. The van der Waals surface area contributed by atoms with E-state index in [9.17, 15) is 18.0 Å². The van der Waals surface area contributed by atoms with Crippen LogP contribution in [0.4, 0.5) is 18.9 Å². The number of rotatable bonds is 5. The first-order chi connectivity index (χ1) is 8.76. The van der Waals surface area contributed by atoms with Gasteiger partial charge in [-0.05, 0) is 49.9 Å². The zero-order chi connectivity index (χ0) is 14.5. The van der Waals surface area contributed by atoms with Gasteiger partial charge in [0.1, 0.15) is 6.61 Å². The molecule has 0 spiro atoms. The summed E-state index contributed by atoms with van der Waals surface area (Å²) in [4.78, 5) is 11.5. The van der Waals surface area contributed by atoms with Gasteiger partial charge in [-0.15, -0.1) is 0 Å². The van der Waals surface area contributed by atoms with E-state index in [0.29, 0.717) is 5.69 Å². The largest absolute Gasteiger partial charge is 0.446 e. The third-order valence-electron chi connectivity index (χ3n) is 1.92. The molecule has 7 heteroatoms. The molecule has 0 bridgehead atoms. The highest BCUT2D eigenvalue weighted by Gasteiger charge is 2.28. The van der Waals surface area contributed by atoms with Gasteiger partial charge >= 0.3 is 5.51 Å². The summed E-state index contributed by atoms with van der Waals surface area (Å²) in [7, 11) is 0. The van der Waals surface area contributed by atoms with E-state index in [4.69, 9.17) is 4.74 Å². The number of ether oxygens (including phenoxy) is 1. The zero-order valence-corrected chi connectivity index (χ0v) is 11.3. The molecule has 0 aliphatic heterocycles. The van der Waals surface area contributed by atoms with Crippen LogP contribution < -0.4 is 5.32 Å². The molecule has 0 atom stereocenters. The van der Waals surface area contributed by atoms with Crippen molar-refractivity contribution in [3.63, 3.8) is 0 Å². The zero-order valence-electron chi connectivity index (χ0n) is 10.5. The fraction of sp³-hybridized carbons (Fsp3) is 0.417. The van der Waals surface area contributed by atoms with Crippen LogP contribution in [0.3, 0.4) is 0 Å². The minimum absolute atomic E-state index is 0.0590. The summed E-state index contributed by atoms with van der Waals surface area (Å²) in [5.74, 6) is -0.343. The molecule has 1 amide bonds. The second kappa shape index (κ2) is 6.81. The van der Waals surface area contributed by atoms with E-state index in [-0.39, 0.29) is 35.3 Å². The van der Waals surface area contributed by atoms with Crippen molar-refractivity contribution in [1.29, 1.82) is 0 Å². The lowest BCUT2D eigenvalue weighted by atomic mass is 10.3. The highest BCUT2D eigenvalue weighted by atomic mass is 32.2. The molecule has 0 aliphatic carbocycles. The molecule has 0 saturated carbocycles. The lowest BCUT2D eigenvalue weighted by Crippen LogP contribution is -2.20. The molecule has 1 rings (SSSR count). The van der Waals surface area contributed by atoms with Gasteiger partial charge in [-0.2, -0.15) is 13.2 Å². The Kier molecular flexibility index (Phi) is 5.68. The molecule has 0 unspecified atom stereocenters. The molecule has 19 heavy (non-hydrogen) atoms. The number of thioether (sulfide) groups is 1. The maximum absolute atomic E-state index is 12.1. The van der Waals surface area contributed by atoms with Crippen LogP contribution in [0.15, 0.2) is 29.2 Å². The Bertz CT molecular complexity index is 418. The summed E-state index contributed by atoms with van der Waals surface area (Å²) in [6.07, 6.45) is -0.0590. The van der Waals surface area contributed by atoms with Crippen molar-refractivity contribution in [2.75, 3.05) is 11.9 Å². The number of amides is 1. The molecule has 1 N–H and O–H groups in total. The van der Waals surface area contributed by atoms with E-state index in [0.717, 1.165) is 0 Å². The van der Waals surface area contributed by atoms with Crippen molar-refractivity contribution >= 4 is 23.4 Å². The molecule has 3 nitrogen and oxygen atoms in total. The summed E-state index contributed by atoms with van der Waals surface area (Å²) in [6.45, 7) is 3.52. The normalized spacial score (nSPS) is 11.7. The molecule has 0 aliphatic rings. The van der Waals surface area contributed by atoms with Crippen molar-refractivity contribution in [2.24, 2.45) is 0 Å². The highest BCUT2D eigenvalue weighted by Crippen LogP contribution is 2.36. The standard InChI is InChI=1S/C12H14F3NO2S/c1-8(2)18-7-11(17)16-9-3-5-10(6-4-9)19-12(13,14)15/h3-6,8H,7H2,1-2H3,(H,16,17). The molecular formula is C12H14F3NO2S. The first-order valence-electron chi connectivity index (χ1n) is 5.53. The second-order valence-corrected chi connectivity index (χ2v) is 5.12. The molecular weight excluding hydrogens is 279 g/mol. The Morgan fingerprint density at radius 1 is 1.32 bits per heavy atom. The predicted octanol–water partition coefficient (Wildman–Crippen LogP) is 3.66. The first kappa shape index (κ1) is 15.8. The van der Waals surface area contributed by atoms with Gasteiger partial charge in [0.05, 0.1) is 6.10 Å². The van der Waals surface area contributed by atoms with Crippen molar-refractivity contribution in [3.05, 3.63) is 24.3 Å². The SMILES string of the molecule is CC(C)OCC(=O)Nc1ccc(SC(F)(F)F)cc1. The van der Waals surface area contributed by atoms with Gasteiger partial charge in [0.25, 0.3) is 0 Å². The molecule has 0 aromatic heterocycles. The van der Waals surface area contributed by atoms with Crippen LogP contribution in [0.2, 0.25) is 0 Å². The van der Waals surface area contributed by atoms with E-state index in [1.54, 1.807) is 13.8 Å². The van der Waals surface area contributed by atoms with Gasteiger partial charge in [-0.1, -0.05) is 0 Å². The number of nitrogens with one attached hydrogen (secondary N) is 1. The van der Waals surface area contributed by atoms with E-state index in [1.165, 1.54) is 24.3 Å². The number of hydrogen-bond donors (Lipinski definition) is 1. The quantitative estimate of drug-likeness (QED) is 0.842. The lowest BCUT2D eigenvalue weighted by Gasteiger charge is -2.09. The summed E-state index contributed by atoms with van der Waals surface area (Å²) >= 11 is -0.195. The second-order valence-electron chi connectivity index (χ2n) is 3.98. The Labute approximate surface area is 113 Å². The van der Waals surface area contributed by atoms with Crippen molar-refractivity contribution in [3.8, 4) is 0 Å². The fourth-order valence-corrected chi connectivity index (χ4v) is 1.72. The van der Waals surface area contributed by atoms with E-state index in [2.05, 4.69) is 5.32 Å². The first-order valence-corrected chi connectivity index (χ1v) is 6.35. The van der Waals surface area contributed by atoms with Gasteiger partial charge < -0.3 is 10.1 Å². The number of alkyl halides is 3. The van der Waals surface area contributed by atoms with Crippen LogP contribution in [0.1, 0.15) is 13.8 Å². The number of halogens is 3. The van der Waals surface area contributed by atoms with Crippen molar-refractivity contribution < 1.29 is 22.7 Å². The van der Waals surface area contributed by atoms with Crippen LogP contribution >= 0.6 is 11.8 Å². The van der Waals surface area contributed by atoms with Crippen LogP contribution in [0, 0.1) is 0 Å². The Balaban J connectivity index is 2.50. The molecule has 106 valence electrons. The molecule has 0 fully saturated rings. The molecule has 0 saturated heterocycles. The third kappa shape index (κ3) is 7.07.